The highest BCUT2D eigenvalue weighted by Gasteiger charge is 2.21. The number of hydrogen-bond donors (Lipinski definition) is 3. The van der Waals surface area contributed by atoms with Crippen molar-refractivity contribution in [2.45, 2.75) is 349 Å². The maximum absolute atomic E-state index is 11.2. The van der Waals surface area contributed by atoms with Crippen LogP contribution in [0.5, 0.6) is 5.75 Å². The van der Waals surface area contributed by atoms with Crippen LogP contribution in [0.4, 0.5) is 11.4 Å². The van der Waals surface area contributed by atoms with Crippen molar-refractivity contribution in [3.05, 3.63) is 275 Å². The first kappa shape index (κ1) is 108. The molecular weight excluding hydrogens is 1630 g/mol. The molecule has 0 spiro atoms. The lowest BCUT2D eigenvalue weighted by Crippen LogP contribution is -2.18. The molecule has 123 heavy (non-hydrogen) atoms. The first-order valence-corrected chi connectivity index (χ1v) is 50.5. The molecule has 0 radical (unpaired) electrons. The van der Waals surface area contributed by atoms with Gasteiger partial charge in [0, 0.05) is 53.2 Å². The number of benzene rings is 4. The second-order valence-electron chi connectivity index (χ2n) is 33.7. The van der Waals surface area contributed by atoms with Crippen molar-refractivity contribution in [2.75, 3.05) is 17.6 Å². The highest BCUT2D eigenvalue weighted by atomic mass is 35.5. The van der Waals surface area contributed by atoms with Crippen LogP contribution in [0, 0.1) is 0 Å². The van der Waals surface area contributed by atoms with E-state index in [-0.39, 0.29) is 0 Å². The fourth-order valence-corrected chi connectivity index (χ4v) is 19.4. The number of aromatic carboxylic acids is 1. The third kappa shape index (κ3) is 44.7. The van der Waals surface area contributed by atoms with Gasteiger partial charge in [-0.1, -0.05) is 250 Å². The summed E-state index contributed by atoms with van der Waals surface area (Å²) in [7, 11) is -3.11. The summed E-state index contributed by atoms with van der Waals surface area (Å²) < 4.78 is 31.6. The summed E-state index contributed by atoms with van der Waals surface area (Å²) in [5, 5.41) is 19.3. The van der Waals surface area contributed by atoms with Crippen LogP contribution in [0.2, 0.25) is 0 Å². The minimum atomic E-state index is -3.11. The Kier molecular flexibility index (Phi) is 56.8. The summed E-state index contributed by atoms with van der Waals surface area (Å²) in [5.74, 6) is 2.40. The zero-order valence-electron chi connectivity index (χ0n) is 77.2. The summed E-state index contributed by atoms with van der Waals surface area (Å²) in [6.07, 6.45) is 53.4. The Morgan fingerprint density at radius 2 is 0.894 bits per heavy atom. The molecule has 0 saturated carbocycles. The number of anilines is 1. The monoisotopic (exact) mass is 1780 g/mol. The summed E-state index contributed by atoms with van der Waals surface area (Å²) in [5.41, 5.74) is 24.7. The highest BCUT2D eigenvalue weighted by molar-refractivity contribution is 8.03. The van der Waals surface area contributed by atoms with Gasteiger partial charge in [-0.3, -0.25) is 0 Å². The van der Waals surface area contributed by atoms with Crippen LogP contribution in [0.15, 0.2) is 279 Å². The standard InChI is InChI=1S/C29H46O.C16H18O2S.C15H16N2S.C15H18S.C14H24S.C10H17N.C9H13Cl.O3S/c1-4-5-6-7-8-9-10-11-12-13-14-15-16-21-27-22-18-23-28(24-27)30-29-25(2)19-17-20-26(29)3;1-11-7-3-4-8-12(2)15(11)19-14-10-6-5-9-13(14)16(17)18;1-11-4-3-5-12(2)15(11)17-14-8-6-13(7-9-14)16-10-18;1-12-8-6-7-9-13(2)15(12)16-14-10-4-3-5-11-14;1-4-5-8-11-15-14-12(2)9-6-7-10-13(14)3;1-4-11-10-8(2)6-5-7-9(10)3;1-7-5-3-4-6-8(2)9(7)10;1-4(2)3/h18,22-24H,2,4-17,19-21H2,1,3H3;5-6,9-10H,1,3-4,7-8H2,2H3,(H,17,18);6-9,17H,1,3-5H2,2H3;3-5,10-11H,1,6-9H2,2H3;2,4-11H2,1,3H3;11H,2,4-7H2,1,3H3;1,3-6H2,2H3;. The normalized spacial score (nSPS) is 16.4. The lowest BCUT2D eigenvalue weighted by Gasteiger charge is -2.21. The van der Waals surface area contributed by atoms with Crippen molar-refractivity contribution in [3.8, 4) is 5.75 Å². The number of isothiocyanates is 1. The number of aryl methyl sites for hydroxylation is 1. The average Bonchev–Trinajstić information content (AvgIpc) is 1.32. The smallest absolute Gasteiger partial charge is 0.425 e. The minimum Gasteiger partial charge on any atom is -0.478 e. The van der Waals surface area contributed by atoms with E-state index < -0.39 is 16.6 Å². The van der Waals surface area contributed by atoms with Gasteiger partial charge in [-0.15, -0.1) is 24.4 Å². The van der Waals surface area contributed by atoms with Crippen LogP contribution < -0.4 is 15.4 Å². The molecule has 3 N–H and O–H groups in total. The number of rotatable bonds is 31. The fraction of sp³-hybridized carbons (Fsp3) is 0.500. The molecule has 0 heterocycles. The van der Waals surface area contributed by atoms with E-state index in [4.69, 9.17) is 29.0 Å². The number of hydrogen-bond acceptors (Lipinski definition) is 12. The van der Waals surface area contributed by atoms with Crippen molar-refractivity contribution in [2.24, 2.45) is 4.99 Å². The molecule has 7 aliphatic carbocycles. The van der Waals surface area contributed by atoms with Gasteiger partial charge in [0.25, 0.3) is 0 Å². The Bertz CT molecular complexity index is 4440. The van der Waals surface area contributed by atoms with Crippen molar-refractivity contribution < 1.29 is 27.3 Å². The van der Waals surface area contributed by atoms with E-state index in [0.29, 0.717) is 5.56 Å². The van der Waals surface area contributed by atoms with Gasteiger partial charge in [-0.2, -0.15) is 4.99 Å². The van der Waals surface area contributed by atoms with E-state index in [1.54, 1.807) is 29.5 Å². The largest absolute Gasteiger partial charge is 0.478 e. The van der Waals surface area contributed by atoms with Gasteiger partial charge in [-0.05, 0) is 375 Å². The first-order valence-electron chi connectivity index (χ1n) is 46.1. The minimum absolute atomic E-state index is 0.366. The number of likely N-dealkylation sites (N-methyl/N-ethyl adjacent to an activating group) is 1. The van der Waals surface area contributed by atoms with Crippen LogP contribution >= 0.6 is 59.1 Å². The number of thioether (sulfide) groups is 3. The van der Waals surface area contributed by atoms with Gasteiger partial charge >= 0.3 is 16.6 Å². The average molecular weight is 1780 g/mol. The number of thiocarbonyl (C=S) groups is 1. The first-order chi connectivity index (χ1) is 59.2. The summed E-state index contributed by atoms with van der Waals surface area (Å²) in [4.78, 5) is 21.4. The molecule has 0 amide bonds. The number of nitrogens with zero attached hydrogens (tertiary/aromatic N) is 1. The molecule has 0 bridgehead atoms. The topological polar surface area (TPSA) is 134 Å². The predicted octanol–water partition coefficient (Wildman–Crippen LogP) is 35.2. The number of aliphatic imine (C=N–C) groups is 1. The summed E-state index contributed by atoms with van der Waals surface area (Å²) in [6.45, 7) is 51.9. The zero-order chi connectivity index (χ0) is 90.1. The molecule has 4 aromatic carbocycles. The predicted molar refractivity (Wildman–Crippen MR) is 542 cm³/mol. The third-order valence-corrected chi connectivity index (χ3v) is 27.8. The molecule has 0 atom stereocenters. The second kappa shape index (κ2) is 64.6. The molecule has 0 fully saturated rings. The number of ether oxygens (including phenoxy) is 1. The van der Waals surface area contributed by atoms with Gasteiger partial charge < -0.3 is 20.5 Å². The van der Waals surface area contributed by atoms with E-state index in [0.717, 1.165) is 120 Å². The quantitative estimate of drug-likeness (QED) is 0.0252. The molecule has 672 valence electrons. The van der Waals surface area contributed by atoms with Gasteiger partial charge in [0.1, 0.15) is 11.5 Å². The van der Waals surface area contributed by atoms with Gasteiger partial charge in [0.2, 0.25) is 0 Å². The van der Waals surface area contributed by atoms with E-state index in [1.165, 1.54) is 304 Å². The Balaban J connectivity index is 0.000000307. The van der Waals surface area contributed by atoms with Gasteiger partial charge in [0.15, 0.2) is 0 Å². The van der Waals surface area contributed by atoms with Crippen LogP contribution in [0.1, 0.15) is 348 Å². The molecule has 15 heteroatoms. The number of carboxylic acid groups (broad SMARTS) is 1. The molecular formula is C108H152ClN3O6S5. The maximum atomic E-state index is 11.2. The Morgan fingerprint density at radius 1 is 0.463 bits per heavy atom. The SMILES string of the molecule is C=C1CCCC(C)=C1NCC.C=C1CCCC(C)=C1Nc1ccc(N=C=S)cc1.C=C1CCCC(C)=C1Oc1cccc(CCCCCCCCCCCCCCC)c1.C=C1CCCCC(C)=C1Cl.C=C1CCCCC(C)=C1SCCCCC.C=C1CCCCC(C)=C1Sc1ccccc1.C=C1CCCCC(C)=C1Sc1ccccc1C(=O)O.O=S(=O)=O. The van der Waals surface area contributed by atoms with E-state index >= 15 is 0 Å². The van der Waals surface area contributed by atoms with Crippen LogP contribution in [0.3, 0.4) is 0 Å². The summed E-state index contributed by atoms with van der Waals surface area (Å²) in [6, 6.07) is 34.3. The number of carbonyl (C=O) groups is 1. The number of nitrogens with one attached hydrogen (secondary N) is 2. The molecule has 0 saturated heterocycles. The lowest BCUT2D eigenvalue weighted by molar-refractivity contribution is 0.0693. The van der Waals surface area contributed by atoms with Crippen LogP contribution in [-0.2, 0) is 17.0 Å². The van der Waals surface area contributed by atoms with Gasteiger partial charge in [-0.25, -0.2) is 4.79 Å². The zero-order valence-corrected chi connectivity index (χ0v) is 82.1. The summed E-state index contributed by atoms with van der Waals surface area (Å²) >= 11 is 16.0. The second-order valence-corrected chi connectivity index (χ2v) is 37.9. The number of halogens is 1. The molecule has 0 unspecified atom stereocenters. The molecule has 9 nitrogen and oxygen atoms in total. The fourth-order valence-electron chi connectivity index (χ4n) is 15.7. The van der Waals surface area contributed by atoms with Crippen LogP contribution in [0.25, 0.3) is 0 Å². The molecule has 4 aromatic rings. The highest BCUT2D eigenvalue weighted by Crippen LogP contribution is 2.43. The Morgan fingerprint density at radius 3 is 1.41 bits per heavy atom. The van der Waals surface area contributed by atoms with E-state index in [2.05, 4.69) is 203 Å². The third-order valence-electron chi connectivity index (χ3n) is 22.9. The lowest BCUT2D eigenvalue weighted by atomic mass is 9.93. The Hall–Kier alpha value is -7.13. The van der Waals surface area contributed by atoms with Crippen molar-refractivity contribution in [3.63, 3.8) is 0 Å². The Labute approximate surface area is 771 Å². The molecule has 0 aliphatic heterocycles. The number of carboxylic acids is 1. The van der Waals surface area contributed by atoms with Crippen molar-refractivity contribution in [1.82, 2.24) is 5.32 Å². The van der Waals surface area contributed by atoms with E-state index in [9.17, 15) is 9.90 Å². The van der Waals surface area contributed by atoms with Crippen molar-refractivity contribution >= 4 is 92.2 Å². The maximum Gasteiger partial charge on any atom is 0.425 e. The molecule has 0 aromatic heterocycles. The van der Waals surface area contributed by atoms with Crippen LogP contribution in [-0.4, -0.2) is 41.2 Å². The number of allylic oxidation sites excluding steroid dienone is 15. The molecule has 7 aliphatic rings. The van der Waals surface area contributed by atoms with Crippen molar-refractivity contribution in [1.29, 1.82) is 0 Å². The molecule has 11 rings (SSSR count). The van der Waals surface area contributed by atoms with E-state index in [1.807, 2.05) is 59.9 Å². The number of unbranched alkanes of at least 4 members (excludes halogenated alkanes) is 14. The van der Waals surface area contributed by atoms with Gasteiger partial charge in [0.05, 0.1) is 16.4 Å².